The van der Waals surface area contributed by atoms with Gasteiger partial charge >= 0.3 is 71.1 Å². The molecule has 0 aliphatic carbocycles. The number of hydrogen-bond donors (Lipinski definition) is 0. The first-order valence-corrected chi connectivity index (χ1v) is 10.6. The largest absolute Gasteiger partial charge is 1.00 e. The second-order valence-corrected chi connectivity index (χ2v) is 6.73. The van der Waals surface area contributed by atoms with Crippen molar-refractivity contribution in [1.29, 1.82) is 0 Å². The van der Waals surface area contributed by atoms with Crippen LogP contribution in [-0.4, -0.2) is 31.3 Å². The molecule has 0 aromatic rings. The van der Waals surface area contributed by atoms with Gasteiger partial charge in [0.1, 0.15) is 0 Å². The summed E-state index contributed by atoms with van der Waals surface area (Å²) in [5.41, 5.74) is 0. The molecule has 0 aromatic heterocycles. The van der Waals surface area contributed by atoms with Gasteiger partial charge in [-0.25, -0.2) is 0 Å². The first-order chi connectivity index (χ1) is 13.4. The Hall–Kier alpha value is 0.210. The average Bonchev–Trinajstić information content (AvgIpc) is 2.64. The van der Waals surface area contributed by atoms with Gasteiger partial charge in [-0.3, -0.25) is 9.59 Å². The molecule has 0 bridgehead atoms. The van der Waals surface area contributed by atoms with E-state index in [-0.39, 0.29) is 83.9 Å². The summed E-state index contributed by atoms with van der Waals surface area (Å²) in [6.07, 6.45) is 11.9. The Kier molecular flexibility index (Phi) is 39.3. The maximum atomic E-state index is 11.5. The van der Waals surface area contributed by atoms with Crippen molar-refractivity contribution in [3.05, 3.63) is 0 Å². The van der Waals surface area contributed by atoms with Gasteiger partial charge in [0, 0.05) is 0 Å². The Balaban J connectivity index is -0.000000513. The van der Waals surface area contributed by atoms with Crippen LogP contribution in [-0.2, 0) is 19.1 Å². The number of carbonyl (C=O) groups is 3. The van der Waals surface area contributed by atoms with Crippen LogP contribution in [0.1, 0.15) is 104 Å². The minimum absolute atomic E-state index is 0. The van der Waals surface area contributed by atoms with Crippen molar-refractivity contribution >= 4 is 18.1 Å². The third kappa shape index (κ3) is 38.8. The predicted octanol–water partition coefficient (Wildman–Crippen LogP) is -2.86. The van der Waals surface area contributed by atoms with E-state index >= 15 is 0 Å². The van der Waals surface area contributed by atoms with Crippen molar-refractivity contribution < 1.29 is 93.2 Å². The van der Waals surface area contributed by atoms with E-state index in [4.69, 9.17) is 24.5 Å². The number of hydrogen-bond acceptors (Lipinski definition) is 7. The monoisotopic (exact) mass is 448 g/mol. The van der Waals surface area contributed by atoms with E-state index in [1.165, 1.54) is 51.4 Å². The Morgan fingerprint density at radius 3 is 1.13 bits per heavy atom. The van der Waals surface area contributed by atoms with E-state index in [2.05, 4.69) is 13.8 Å². The second-order valence-electron chi connectivity index (χ2n) is 6.73. The molecule has 7 nitrogen and oxygen atoms in total. The fraction of sp³-hybridized carbons (Fsp3) is 0.857. The molecule has 0 fully saturated rings. The molecule has 0 heterocycles. The molecule has 0 radical (unpaired) electrons. The van der Waals surface area contributed by atoms with E-state index < -0.39 is 6.16 Å². The quantitative estimate of drug-likeness (QED) is 0.133. The molecule has 0 spiro atoms. The van der Waals surface area contributed by atoms with Crippen LogP contribution in [0.15, 0.2) is 0 Å². The molecule has 0 aliphatic rings. The zero-order valence-electron chi connectivity index (χ0n) is 19.7. The van der Waals surface area contributed by atoms with Gasteiger partial charge in [0.25, 0.3) is 0 Å². The molecule has 0 amide bonds. The molecule has 0 saturated heterocycles. The number of esters is 2. The van der Waals surface area contributed by atoms with Crippen molar-refractivity contribution in [2.45, 2.75) is 104 Å². The standard InChI is InChI=1S/C20H38O4.CH2O3.2Na/c1-3-5-7-9-11-13-17-23-19(21)15-16-20(22)24-18-14-12-10-8-6-4-2;2-1(3)4;;/h3-18H2,1-2H3;(H2,2,3,4);;/q;;2*+1/p-2. The van der Waals surface area contributed by atoms with E-state index in [9.17, 15) is 9.59 Å². The van der Waals surface area contributed by atoms with Gasteiger partial charge in [0.15, 0.2) is 0 Å². The Bertz CT molecular complexity index is 360. The molecule has 0 saturated carbocycles. The molecule has 0 rings (SSSR count). The van der Waals surface area contributed by atoms with Crippen LogP contribution < -0.4 is 69.3 Å². The number of carbonyl (C=O) groups excluding carboxylic acids is 3. The SMILES string of the molecule is CCCCCCCCOC(=O)CCC(=O)OCCCCCCCC.O=C([O-])[O-].[Na+].[Na+]. The molecular formula is C21H38Na2O7. The van der Waals surface area contributed by atoms with Crippen LogP contribution in [0.3, 0.4) is 0 Å². The summed E-state index contributed by atoms with van der Waals surface area (Å²) in [5.74, 6) is -0.583. The molecular weight excluding hydrogens is 410 g/mol. The molecule has 0 aromatic carbocycles. The molecule has 0 N–H and O–H groups in total. The average molecular weight is 449 g/mol. The number of unbranched alkanes of at least 4 members (excludes halogenated alkanes) is 10. The van der Waals surface area contributed by atoms with Crippen molar-refractivity contribution in [3.63, 3.8) is 0 Å². The normalized spacial score (nSPS) is 9.27. The molecule has 30 heavy (non-hydrogen) atoms. The Morgan fingerprint density at radius 2 is 0.833 bits per heavy atom. The van der Waals surface area contributed by atoms with E-state index in [1.807, 2.05) is 0 Å². The maximum absolute atomic E-state index is 11.5. The van der Waals surface area contributed by atoms with E-state index in [0.29, 0.717) is 13.2 Å². The van der Waals surface area contributed by atoms with Crippen LogP contribution in [0.25, 0.3) is 0 Å². The van der Waals surface area contributed by atoms with Crippen molar-refractivity contribution in [3.8, 4) is 0 Å². The van der Waals surface area contributed by atoms with Crippen molar-refractivity contribution in [2.75, 3.05) is 13.2 Å². The van der Waals surface area contributed by atoms with Crippen LogP contribution in [0, 0.1) is 0 Å². The first-order valence-electron chi connectivity index (χ1n) is 10.6. The summed E-state index contributed by atoms with van der Waals surface area (Å²) < 4.78 is 10.3. The minimum atomic E-state index is -2.33. The first kappa shape index (κ1) is 37.5. The number of ether oxygens (including phenoxy) is 2. The van der Waals surface area contributed by atoms with Gasteiger partial charge in [0.05, 0.1) is 26.1 Å². The predicted molar refractivity (Wildman–Crippen MR) is 103 cm³/mol. The molecule has 9 heteroatoms. The smallest absolute Gasteiger partial charge is 0.652 e. The van der Waals surface area contributed by atoms with Crippen molar-refractivity contribution in [2.24, 2.45) is 0 Å². The van der Waals surface area contributed by atoms with Crippen LogP contribution in [0.5, 0.6) is 0 Å². The summed E-state index contributed by atoms with van der Waals surface area (Å²) in [6.45, 7) is 5.33. The summed E-state index contributed by atoms with van der Waals surface area (Å²) >= 11 is 0. The molecule has 166 valence electrons. The van der Waals surface area contributed by atoms with Crippen LogP contribution in [0.2, 0.25) is 0 Å². The van der Waals surface area contributed by atoms with Gasteiger partial charge in [-0.1, -0.05) is 78.1 Å². The third-order valence-electron chi connectivity index (χ3n) is 4.06. The second kappa shape index (κ2) is 31.4. The molecule has 0 aliphatic heterocycles. The summed E-state index contributed by atoms with van der Waals surface area (Å²) in [4.78, 5) is 31.4. The topological polar surface area (TPSA) is 116 Å². The zero-order chi connectivity index (χ0) is 21.5. The summed E-state index contributed by atoms with van der Waals surface area (Å²) in [7, 11) is 0. The minimum Gasteiger partial charge on any atom is -0.652 e. The fourth-order valence-corrected chi connectivity index (χ4v) is 2.49. The third-order valence-corrected chi connectivity index (χ3v) is 4.06. The zero-order valence-corrected chi connectivity index (χ0v) is 23.7. The Morgan fingerprint density at radius 1 is 0.567 bits per heavy atom. The molecule has 0 atom stereocenters. The van der Waals surface area contributed by atoms with Gasteiger partial charge in [-0.05, 0) is 19.0 Å². The van der Waals surface area contributed by atoms with Crippen LogP contribution >= 0.6 is 0 Å². The Labute approximate surface area is 226 Å². The van der Waals surface area contributed by atoms with Gasteiger partial charge < -0.3 is 24.5 Å². The van der Waals surface area contributed by atoms with Gasteiger partial charge in [-0.2, -0.15) is 0 Å². The van der Waals surface area contributed by atoms with Crippen LogP contribution in [0.4, 0.5) is 4.79 Å². The van der Waals surface area contributed by atoms with Gasteiger partial charge in [-0.15, -0.1) is 0 Å². The molecule has 0 unspecified atom stereocenters. The number of carboxylic acid groups (broad SMARTS) is 2. The van der Waals surface area contributed by atoms with E-state index in [0.717, 1.165) is 25.7 Å². The van der Waals surface area contributed by atoms with Crippen molar-refractivity contribution in [1.82, 2.24) is 0 Å². The maximum Gasteiger partial charge on any atom is 1.00 e. The summed E-state index contributed by atoms with van der Waals surface area (Å²) in [5, 5.41) is 16.7. The summed E-state index contributed by atoms with van der Waals surface area (Å²) in [6, 6.07) is 0. The fourth-order valence-electron chi connectivity index (χ4n) is 2.49. The number of rotatable bonds is 17. The van der Waals surface area contributed by atoms with E-state index in [1.54, 1.807) is 0 Å². The van der Waals surface area contributed by atoms with Gasteiger partial charge in [0.2, 0.25) is 0 Å².